The molecule has 0 spiro atoms. The molecule has 164 valence electrons. The first kappa shape index (κ1) is 20.8. The zero-order valence-corrected chi connectivity index (χ0v) is 19.1. The molecule has 5 rings (SSSR count). The zero-order chi connectivity index (χ0) is 22.1. The molecule has 3 heterocycles. The number of tetrazole rings is 1. The van der Waals surface area contributed by atoms with Gasteiger partial charge in [0.25, 0.3) is 5.56 Å². The van der Waals surface area contributed by atoms with Gasteiger partial charge in [0, 0.05) is 10.6 Å². The average molecular weight is 468 g/mol. The van der Waals surface area contributed by atoms with Crippen molar-refractivity contribution in [3.63, 3.8) is 0 Å². The van der Waals surface area contributed by atoms with Gasteiger partial charge in [-0.1, -0.05) is 6.07 Å². The average Bonchev–Trinajstić information content (AvgIpc) is 3.43. The van der Waals surface area contributed by atoms with Crippen molar-refractivity contribution in [1.29, 1.82) is 0 Å². The van der Waals surface area contributed by atoms with Gasteiger partial charge in [-0.25, -0.2) is 9.67 Å². The van der Waals surface area contributed by atoms with E-state index in [4.69, 9.17) is 0 Å². The Kier molecular flexibility index (Phi) is 5.75. The summed E-state index contributed by atoms with van der Waals surface area (Å²) in [6, 6.07) is 5.58. The number of thioether (sulfide) groups is 1. The Labute approximate surface area is 191 Å². The van der Waals surface area contributed by atoms with Crippen molar-refractivity contribution in [1.82, 2.24) is 30.2 Å². The monoisotopic (exact) mass is 467 g/mol. The van der Waals surface area contributed by atoms with Crippen LogP contribution in [0.3, 0.4) is 0 Å². The van der Waals surface area contributed by atoms with Crippen LogP contribution in [0.25, 0.3) is 15.9 Å². The number of nitrogens with zero attached hydrogens (tertiary/aromatic N) is 5. The summed E-state index contributed by atoms with van der Waals surface area (Å²) in [5, 5.41) is 14.9. The summed E-state index contributed by atoms with van der Waals surface area (Å²) in [5.41, 5.74) is 3.58. The lowest BCUT2D eigenvalue weighted by Gasteiger charge is -2.10. The van der Waals surface area contributed by atoms with Crippen LogP contribution in [-0.4, -0.2) is 41.8 Å². The van der Waals surface area contributed by atoms with E-state index in [1.165, 1.54) is 35.0 Å². The summed E-state index contributed by atoms with van der Waals surface area (Å²) in [5.74, 6) is 1.19. The van der Waals surface area contributed by atoms with Crippen molar-refractivity contribution >= 4 is 44.9 Å². The minimum atomic E-state index is -0.128. The van der Waals surface area contributed by atoms with Crippen LogP contribution in [0.4, 0.5) is 5.69 Å². The minimum Gasteiger partial charge on any atom is -0.325 e. The lowest BCUT2D eigenvalue weighted by molar-refractivity contribution is -0.113. The topological polar surface area (TPSA) is 118 Å². The number of benzene rings is 1. The van der Waals surface area contributed by atoms with Crippen LogP contribution >= 0.6 is 23.1 Å². The van der Waals surface area contributed by atoms with Crippen LogP contribution in [-0.2, 0) is 23.4 Å². The van der Waals surface area contributed by atoms with Gasteiger partial charge < -0.3 is 10.3 Å². The maximum Gasteiger partial charge on any atom is 0.259 e. The van der Waals surface area contributed by atoms with Crippen molar-refractivity contribution in [2.24, 2.45) is 0 Å². The molecule has 0 saturated carbocycles. The van der Waals surface area contributed by atoms with E-state index in [-0.39, 0.29) is 17.2 Å². The second-order valence-corrected chi connectivity index (χ2v) is 9.77. The van der Waals surface area contributed by atoms with E-state index in [2.05, 4.69) is 30.8 Å². The molecule has 4 aromatic rings. The number of hydrogen-bond donors (Lipinski definition) is 2. The largest absolute Gasteiger partial charge is 0.325 e. The van der Waals surface area contributed by atoms with Crippen LogP contribution in [0.5, 0.6) is 0 Å². The fourth-order valence-electron chi connectivity index (χ4n) is 3.92. The SMILES string of the molecule is Cc1ccc(NC(=O)CSCc2nc3sc4c(c3c(=O)[nH]2)CCCC4)cc1-n1cnnn1. The fourth-order valence-corrected chi connectivity index (χ4v) is 5.89. The third-order valence-electron chi connectivity index (χ3n) is 5.43. The summed E-state index contributed by atoms with van der Waals surface area (Å²) < 4.78 is 1.56. The van der Waals surface area contributed by atoms with Crippen LogP contribution in [0.2, 0.25) is 0 Å². The van der Waals surface area contributed by atoms with Crippen molar-refractivity contribution in [2.75, 3.05) is 11.1 Å². The fraction of sp³-hybridized carbons (Fsp3) is 0.333. The molecule has 1 aromatic carbocycles. The van der Waals surface area contributed by atoms with E-state index < -0.39 is 0 Å². The van der Waals surface area contributed by atoms with Gasteiger partial charge in [-0.15, -0.1) is 28.2 Å². The number of H-pyrrole nitrogens is 1. The number of aromatic nitrogens is 6. The zero-order valence-electron chi connectivity index (χ0n) is 17.4. The second-order valence-electron chi connectivity index (χ2n) is 7.70. The molecular formula is C21H21N7O2S2. The van der Waals surface area contributed by atoms with Gasteiger partial charge in [-0.3, -0.25) is 9.59 Å². The molecule has 0 fully saturated rings. The number of aryl methyl sites for hydroxylation is 3. The number of anilines is 1. The van der Waals surface area contributed by atoms with Gasteiger partial charge in [0.1, 0.15) is 17.0 Å². The quantitative estimate of drug-likeness (QED) is 0.447. The van der Waals surface area contributed by atoms with Gasteiger partial charge in [0.05, 0.1) is 22.6 Å². The number of hydrogen-bond acceptors (Lipinski definition) is 8. The first-order valence-electron chi connectivity index (χ1n) is 10.3. The van der Waals surface area contributed by atoms with Crippen LogP contribution in [0.1, 0.15) is 34.7 Å². The number of nitrogens with one attached hydrogen (secondary N) is 2. The Morgan fingerprint density at radius 2 is 2.19 bits per heavy atom. The van der Waals surface area contributed by atoms with Crippen molar-refractivity contribution in [2.45, 2.75) is 38.4 Å². The summed E-state index contributed by atoms with van der Waals surface area (Å²) in [4.78, 5) is 34.7. The van der Waals surface area contributed by atoms with E-state index in [0.717, 1.165) is 40.7 Å². The highest BCUT2D eigenvalue weighted by atomic mass is 32.2. The minimum absolute atomic E-state index is 0.0655. The lowest BCUT2D eigenvalue weighted by atomic mass is 9.97. The molecule has 11 heteroatoms. The predicted molar refractivity (Wildman–Crippen MR) is 126 cm³/mol. The summed E-state index contributed by atoms with van der Waals surface area (Å²) in [7, 11) is 0. The van der Waals surface area contributed by atoms with E-state index in [0.29, 0.717) is 17.3 Å². The maximum atomic E-state index is 12.6. The van der Waals surface area contributed by atoms with Crippen molar-refractivity contribution in [3.05, 3.63) is 56.7 Å². The second kappa shape index (κ2) is 8.83. The van der Waals surface area contributed by atoms with Crippen LogP contribution in [0.15, 0.2) is 29.3 Å². The molecule has 3 aromatic heterocycles. The predicted octanol–water partition coefficient (Wildman–Crippen LogP) is 3.02. The number of carbonyl (C=O) groups excluding carboxylic acids is 1. The van der Waals surface area contributed by atoms with Crippen molar-refractivity contribution < 1.29 is 4.79 Å². The normalized spacial score (nSPS) is 13.3. The Bertz CT molecular complexity index is 1340. The molecule has 32 heavy (non-hydrogen) atoms. The molecule has 2 N–H and O–H groups in total. The molecule has 1 amide bonds. The van der Waals surface area contributed by atoms with Crippen molar-refractivity contribution in [3.8, 4) is 5.69 Å². The standard InChI is InChI=1S/C21H21N7O2S2/c1-12-6-7-13(8-15(12)28-11-22-26-27-28)23-18(29)10-31-9-17-24-20(30)19-14-4-2-3-5-16(14)32-21(19)25-17/h6-8,11H,2-5,9-10H2,1H3,(H,23,29)(H,24,25,30). The molecule has 9 nitrogen and oxygen atoms in total. The maximum absolute atomic E-state index is 12.6. The highest BCUT2D eigenvalue weighted by molar-refractivity contribution is 7.99. The summed E-state index contributed by atoms with van der Waals surface area (Å²) in [6.45, 7) is 1.95. The number of fused-ring (bicyclic) bond motifs is 3. The molecule has 1 aliphatic rings. The van der Waals surface area contributed by atoms with Crippen LogP contribution in [0, 0.1) is 6.92 Å². The van der Waals surface area contributed by atoms with E-state index in [9.17, 15) is 9.59 Å². The molecule has 0 saturated heterocycles. The summed E-state index contributed by atoms with van der Waals surface area (Å²) >= 11 is 3.05. The first-order chi connectivity index (χ1) is 15.6. The van der Waals surface area contributed by atoms with Gasteiger partial charge in [0.15, 0.2) is 0 Å². The van der Waals surface area contributed by atoms with E-state index in [1.54, 1.807) is 16.0 Å². The molecule has 0 aliphatic heterocycles. The Balaban J connectivity index is 1.22. The number of carbonyl (C=O) groups is 1. The molecule has 0 atom stereocenters. The molecule has 0 radical (unpaired) electrons. The number of amides is 1. The van der Waals surface area contributed by atoms with Gasteiger partial charge >= 0.3 is 0 Å². The third-order valence-corrected chi connectivity index (χ3v) is 7.56. The number of aromatic amines is 1. The van der Waals surface area contributed by atoms with Gasteiger partial charge in [0.2, 0.25) is 5.91 Å². The Morgan fingerprint density at radius 3 is 3.03 bits per heavy atom. The molecular weight excluding hydrogens is 446 g/mol. The first-order valence-corrected chi connectivity index (χ1v) is 12.3. The van der Waals surface area contributed by atoms with Crippen LogP contribution < -0.4 is 10.9 Å². The highest BCUT2D eigenvalue weighted by Crippen LogP contribution is 2.33. The Morgan fingerprint density at radius 1 is 1.31 bits per heavy atom. The number of thiophene rings is 1. The van der Waals surface area contributed by atoms with E-state index in [1.807, 2.05) is 25.1 Å². The van der Waals surface area contributed by atoms with Gasteiger partial charge in [-0.2, -0.15) is 0 Å². The summed E-state index contributed by atoms with van der Waals surface area (Å²) in [6.07, 6.45) is 5.81. The Hall–Kier alpha value is -3.05. The van der Waals surface area contributed by atoms with E-state index >= 15 is 0 Å². The molecule has 1 aliphatic carbocycles. The van der Waals surface area contributed by atoms with Gasteiger partial charge in [-0.05, 0) is 66.3 Å². The highest BCUT2D eigenvalue weighted by Gasteiger charge is 2.19. The lowest BCUT2D eigenvalue weighted by Crippen LogP contribution is -2.16. The molecule has 0 bridgehead atoms. The third kappa shape index (κ3) is 4.17. The molecule has 0 unspecified atom stereocenters. The smallest absolute Gasteiger partial charge is 0.259 e. The number of rotatable bonds is 6.